The zero-order valence-electron chi connectivity index (χ0n) is 11.5. The Labute approximate surface area is 114 Å². The maximum Gasteiger partial charge on any atom is 0.238 e. The summed E-state index contributed by atoms with van der Waals surface area (Å²) in [6, 6.07) is 5.22. The molecule has 0 aliphatic rings. The fraction of sp³-hybridized carbons (Fsp3) is 0.538. The zero-order valence-corrected chi connectivity index (χ0v) is 12.3. The molecular weight excluding hydrogens is 264 g/mol. The second kappa shape index (κ2) is 6.65. The quantitative estimate of drug-likeness (QED) is 0.858. The van der Waals surface area contributed by atoms with Crippen molar-refractivity contribution in [1.82, 2.24) is 10.3 Å². The van der Waals surface area contributed by atoms with Crippen molar-refractivity contribution in [2.24, 2.45) is 0 Å². The van der Waals surface area contributed by atoms with Crippen LogP contribution in [0.15, 0.2) is 24.4 Å². The van der Waals surface area contributed by atoms with Gasteiger partial charge in [0, 0.05) is 12.5 Å². The Bertz CT molecular complexity index is 514. The number of sulfone groups is 1. The van der Waals surface area contributed by atoms with Crippen molar-refractivity contribution in [1.29, 1.82) is 0 Å². The van der Waals surface area contributed by atoms with Crippen molar-refractivity contribution in [3.63, 3.8) is 0 Å². The third-order valence-electron chi connectivity index (χ3n) is 2.95. The highest BCUT2D eigenvalue weighted by molar-refractivity contribution is 7.92. The summed E-state index contributed by atoms with van der Waals surface area (Å²) in [6.07, 6.45) is 4.31. The van der Waals surface area contributed by atoms with E-state index in [1.54, 1.807) is 12.3 Å². The summed E-state index contributed by atoms with van der Waals surface area (Å²) in [7, 11) is -3.38. The van der Waals surface area contributed by atoms with Crippen molar-refractivity contribution in [3.8, 4) is 0 Å². The molecule has 0 saturated heterocycles. The number of hydrogen-bond acceptors (Lipinski definition) is 4. The van der Waals surface area contributed by atoms with Crippen molar-refractivity contribution in [3.05, 3.63) is 30.1 Å². The second-order valence-electron chi connectivity index (χ2n) is 4.58. The average Bonchev–Trinajstić information content (AvgIpc) is 2.37. The minimum absolute atomic E-state index is 0.247. The molecule has 0 aliphatic heterocycles. The van der Waals surface area contributed by atoms with Crippen molar-refractivity contribution >= 4 is 15.7 Å². The van der Waals surface area contributed by atoms with E-state index >= 15 is 0 Å². The monoisotopic (exact) mass is 284 g/mol. The summed E-state index contributed by atoms with van der Waals surface area (Å²) in [5, 5.41) is 1.71. The number of carbonyl (C=O) groups excluding carboxylic acids is 1. The molecular formula is C13H20N2O3S. The van der Waals surface area contributed by atoms with Gasteiger partial charge in [-0.3, -0.25) is 9.78 Å². The fourth-order valence-electron chi connectivity index (χ4n) is 1.65. The zero-order chi connectivity index (χ0) is 14.5. The lowest BCUT2D eigenvalue weighted by atomic mass is 10.1. The number of nitrogens with one attached hydrogen (secondary N) is 1. The highest BCUT2D eigenvalue weighted by atomic mass is 32.2. The van der Waals surface area contributed by atoms with Gasteiger partial charge in [-0.25, -0.2) is 8.42 Å². The number of rotatable bonds is 6. The number of hydrogen-bond donors (Lipinski definition) is 1. The first-order chi connectivity index (χ1) is 8.86. The standard InChI is InChI=1S/C13H20N2O3S/c1-4-7-12(11-8-5-6-9-14-11)15-13(16)10(2)19(3,17)18/h5-6,8-10,12H,4,7H2,1-3H3,(H,15,16)/t10-,12+/m1/s1. The lowest BCUT2D eigenvalue weighted by molar-refractivity contribution is -0.121. The topological polar surface area (TPSA) is 76.1 Å². The first-order valence-corrected chi connectivity index (χ1v) is 8.22. The Hall–Kier alpha value is -1.43. The summed E-state index contributed by atoms with van der Waals surface area (Å²) in [6.45, 7) is 3.40. The van der Waals surface area contributed by atoms with E-state index in [0.717, 1.165) is 24.8 Å². The number of aromatic nitrogens is 1. The predicted octanol–water partition coefficient (Wildman–Crippen LogP) is 1.47. The highest BCUT2D eigenvalue weighted by Crippen LogP contribution is 2.16. The highest BCUT2D eigenvalue weighted by Gasteiger charge is 2.26. The molecule has 106 valence electrons. The fourth-order valence-corrected chi connectivity index (χ4v) is 2.11. The Morgan fingerprint density at radius 1 is 1.42 bits per heavy atom. The summed E-state index contributed by atoms with van der Waals surface area (Å²) in [4.78, 5) is 16.1. The molecule has 0 radical (unpaired) electrons. The second-order valence-corrected chi connectivity index (χ2v) is 6.94. The number of pyridine rings is 1. The maximum atomic E-state index is 11.9. The molecule has 6 heteroatoms. The minimum Gasteiger partial charge on any atom is -0.347 e. The molecule has 0 unspecified atom stereocenters. The third kappa shape index (κ3) is 4.63. The van der Waals surface area contributed by atoms with Gasteiger partial charge < -0.3 is 5.32 Å². The van der Waals surface area contributed by atoms with E-state index in [1.807, 2.05) is 19.1 Å². The van der Waals surface area contributed by atoms with E-state index in [1.165, 1.54) is 6.92 Å². The molecule has 0 bridgehead atoms. The van der Waals surface area contributed by atoms with E-state index in [9.17, 15) is 13.2 Å². The lowest BCUT2D eigenvalue weighted by Gasteiger charge is -2.19. The van der Waals surface area contributed by atoms with Crippen LogP contribution in [0.5, 0.6) is 0 Å². The molecule has 0 spiro atoms. The summed E-state index contributed by atoms with van der Waals surface area (Å²) in [5.41, 5.74) is 0.749. The Morgan fingerprint density at radius 2 is 2.11 bits per heavy atom. The van der Waals surface area contributed by atoms with E-state index in [4.69, 9.17) is 0 Å². The van der Waals surface area contributed by atoms with Gasteiger partial charge in [0.2, 0.25) is 5.91 Å². The van der Waals surface area contributed by atoms with Gasteiger partial charge in [-0.1, -0.05) is 19.4 Å². The van der Waals surface area contributed by atoms with Gasteiger partial charge >= 0.3 is 0 Å². The number of amides is 1. The van der Waals surface area contributed by atoms with E-state index in [-0.39, 0.29) is 6.04 Å². The molecule has 1 aromatic heterocycles. The van der Waals surface area contributed by atoms with Gasteiger partial charge in [-0.2, -0.15) is 0 Å². The van der Waals surface area contributed by atoms with E-state index < -0.39 is 21.0 Å². The van der Waals surface area contributed by atoms with E-state index in [2.05, 4.69) is 10.3 Å². The van der Waals surface area contributed by atoms with Crippen LogP contribution in [-0.2, 0) is 14.6 Å². The van der Waals surface area contributed by atoms with Crippen LogP contribution in [0.25, 0.3) is 0 Å². The molecule has 19 heavy (non-hydrogen) atoms. The molecule has 0 aliphatic carbocycles. The van der Waals surface area contributed by atoms with Crippen LogP contribution in [0.2, 0.25) is 0 Å². The van der Waals surface area contributed by atoms with Crippen LogP contribution < -0.4 is 5.32 Å². The molecule has 1 aromatic rings. The average molecular weight is 284 g/mol. The molecule has 5 nitrogen and oxygen atoms in total. The maximum absolute atomic E-state index is 11.9. The molecule has 0 saturated carbocycles. The van der Waals surface area contributed by atoms with Gasteiger partial charge in [0.25, 0.3) is 0 Å². The van der Waals surface area contributed by atoms with E-state index in [0.29, 0.717) is 0 Å². The Balaban J connectivity index is 2.83. The largest absolute Gasteiger partial charge is 0.347 e. The van der Waals surface area contributed by atoms with Crippen molar-refractivity contribution < 1.29 is 13.2 Å². The minimum atomic E-state index is -3.38. The molecule has 1 amide bonds. The smallest absolute Gasteiger partial charge is 0.238 e. The van der Waals surface area contributed by atoms with Gasteiger partial charge in [-0.15, -0.1) is 0 Å². The van der Waals surface area contributed by atoms with Crippen LogP contribution in [0.4, 0.5) is 0 Å². The first kappa shape index (κ1) is 15.6. The summed E-state index contributed by atoms with van der Waals surface area (Å²) in [5.74, 6) is -0.480. The normalized spacial score (nSPS) is 14.7. The molecule has 0 aromatic carbocycles. The van der Waals surface area contributed by atoms with Crippen LogP contribution in [-0.4, -0.2) is 30.8 Å². The van der Waals surface area contributed by atoms with Crippen LogP contribution in [0.1, 0.15) is 38.4 Å². The Kier molecular flexibility index (Phi) is 5.47. The number of nitrogens with zero attached hydrogens (tertiary/aromatic N) is 1. The van der Waals surface area contributed by atoms with Crippen LogP contribution in [0.3, 0.4) is 0 Å². The number of carbonyl (C=O) groups is 1. The van der Waals surface area contributed by atoms with Crippen molar-refractivity contribution in [2.75, 3.05) is 6.26 Å². The van der Waals surface area contributed by atoms with Crippen molar-refractivity contribution in [2.45, 2.75) is 38.0 Å². The molecule has 1 rings (SSSR count). The summed E-state index contributed by atoms with van der Waals surface area (Å²) >= 11 is 0. The molecule has 1 N–H and O–H groups in total. The Morgan fingerprint density at radius 3 is 2.58 bits per heavy atom. The van der Waals surface area contributed by atoms with Gasteiger partial charge in [0.05, 0.1) is 11.7 Å². The first-order valence-electron chi connectivity index (χ1n) is 6.26. The predicted molar refractivity (Wildman–Crippen MR) is 74.3 cm³/mol. The third-order valence-corrected chi connectivity index (χ3v) is 4.45. The van der Waals surface area contributed by atoms with Crippen LogP contribution >= 0.6 is 0 Å². The molecule has 1 heterocycles. The lowest BCUT2D eigenvalue weighted by Crippen LogP contribution is -2.39. The van der Waals surface area contributed by atoms with Crippen LogP contribution in [0, 0.1) is 0 Å². The van der Waals surface area contributed by atoms with Gasteiger partial charge in [-0.05, 0) is 25.5 Å². The molecule has 2 atom stereocenters. The molecule has 0 fully saturated rings. The SMILES string of the molecule is CCC[C@H](NC(=O)[C@@H](C)S(C)(=O)=O)c1ccccn1. The van der Waals surface area contributed by atoms with Gasteiger partial charge in [0.1, 0.15) is 5.25 Å². The summed E-state index contributed by atoms with van der Waals surface area (Å²) < 4.78 is 22.7. The van der Waals surface area contributed by atoms with Gasteiger partial charge in [0.15, 0.2) is 9.84 Å².